The van der Waals surface area contributed by atoms with Gasteiger partial charge in [-0.3, -0.25) is 4.79 Å². The van der Waals surface area contributed by atoms with Crippen molar-refractivity contribution in [3.8, 4) is 23.1 Å². The normalized spacial score (nSPS) is 17.8. The number of ether oxygens (including phenoxy) is 4. The summed E-state index contributed by atoms with van der Waals surface area (Å²) in [4.78, 5) is 19.6. The topological polar surface area (TPSA) is 70.1 Å². The maximum absolute atomic E-state index is 13.4. The van der Waals surface area contributed by atoms with Gasteiger partial charge in [-0.05, 0) is 74.1 Å². The third-order valence-corrected chi connectivity index (χ3v) is 7.98. The van der Waals surface area contributed by atoms with Crippen LogP contribution in [0.25, 0.3) is 5.57 Å². The molecular formula is C33H35F3N2O5. The Morgan fingerprint density at radius 1 is 0.930 bits per heavy atom. The van der Waals surface area contributed by atoms with E-state index in [0.717, 1.165) is 43.4 Å². The van der Waals surface area contributed by atoms with Gasteiger partial charge >= 0.3 is 6.18 Å². The quantitative estimate of drug-likeness (QED) is 0.249. The number of aromatic nitrogens is 1. The van der Waals surface area contributed by atoms with Crippen molar-refractivity contribution in [1.29, 1.82) is 0 Å². The molecule has 1 aromatic heterocycles. The summed E-state index contributed by atoms with van der Waals surface area (Å²) in [6, 6.07) is 13.6. The predicted octanol–water partition coefficient (Wildman–Crippen LogP) is 7.07. The highest BCUT2D eigenvalue weighted by Gasteiger charge is 2.32. The molecule has 2 fully saturated rings. The van der Waals surface area contributed by atoms with Gasteiger partial charge in [0, 0.05) is 30.2 Å². The van der Waals surface area contributed by atoms with Crippen LogP contribution in [0.3, 0.4) is 0 Å². The number of nitrogens with zero attached hydrogens (tertiary/aromatic N) is 2. The summed E-state index contributed by atoms with van der Waals surface area (Å²) in [6.07, 6.45) is 2.57. The van der Waals surface area contributed by atoms with Crippen molar-refractivity contribution >= 4 is 11.5 Å². The average molecular weight is 597 g/mol. The zero-order chi connectivity index (χ0) is 30.6. The summed E-state index contributed by atoms with van der Waals surface area (Å²) in [7, 11) is 4.64. The lowest BCUT2D eigenvalue weighted by Gasteiger charge is -2.25. The van der Waals surface area contributed by atoms with Crippen LogP contribution in [0.4, 0.5) is 13.2 Å². The van der Waals surface area contributed by atoms with Crippen LogP contribution in [0.1, 0.15) is 60.9 Å². The van der Waals surface area contributed by atoms with E-state index in [9.17, 15) is 18.0 Å². The number of amides is 1. The van der Waals surface area contributed by atoms with Crippen LogP contribution in [0.2, 0.25) is 0 Å². The molecule has 2 heterocycles. The largest absolute Gasteiger partial charge is 0.497 e. The molecule has 0 unspecified atom stereocenters. The number of likely N-dealkylation sites (tertiary alicyclic amines) is 1. The molecule has 0 bridgehead atoms. The first-order valence-corrected chi connectivity index (χ1v) is 14.3. The zero-order valence-electron chi connectivity index (χ0n) is 24.4. The van der Waals surface area contributed by atoms with Crippen LogP contribution < -0.4 is 18.9 Å². The highest BCUT2D eigenvalue weighted by Crippen LogP contribution is 2.37. The second kappa shape index (κ2) is 13.0. The van der Waals surface area contributed by atoms with Gasteiger partial charge in [-0.25, -0.2) is 4.98 Å². The van der Waals surface area contributed by atoms with E-state index in [1.54, 1.807) is 37.3 Å². The first-order valence-electron chi connectivity index (χ1n) is 14.3. The number of hydrogen-bond acceptors (Lipinski definition) is 6. The summed E-state index contributed by atoms with van der Waals surface area (Å²) in [5, 5.41) is 0. The molecule has 0 N–H and O–H groups in total. The van der Waals surface area contributed by atoms with Gasteiger partial charge in [0.25, 0.3) is 5.88 Å². The summed E-state index contributed by atoms with van der Waals surface area (Å²) in [5.41, 5.74) is 1.68. The van der Waals surface area contributed by atoms with E-state index in [0.29, 0.717) is 59.3 Å². The Balaban J connectivity index is 1.53. The van der Waals surface area contributed by atoms with E-state index < -0.39 is 11.7 Å². The smallest absolute Gasteiger partial charge is 0.416 e. The molecule has 1 amide bonds. The Labute approximate surface area is 249 Å². The minimum absolute atomic E-state index is 0.0308. The van der Waals surface area contributed by atoms with E-state index in [1.807, 2.05) is 18.2 Å². The average Bonchev–Trinajstić information content (AvgIpc) is 3.65. The van der Waals surface area contributed by atoms with Crippen molar-refractivity contribution in [3.63, 3.8) is 0 Å². The molecular weight excluding hydrogens is 561 g/mol. The molecule has 2 aromatic carbocycles. The highest BCUT2D eigenvalue weighted by molar-refractivity contribution is 5.83. The number of alkyl halides is 3. The monoisotopic (exact) mass is 596 g/mol. The summed E-state index contributed by atoms with van der Waals surface area (Å²) >= 11 is 0. The highest BCUT2D eigenvalue weighted by atomic mass is 19.4. The molecule has 0 spiro atoms. The van der Waals surface area contributed by atoms with Gasteiger partial charge in [0.15, 0.2) is 5.75 Å². The van der Waals surface area contributed by atoms with E-state index in [1.165, 1.54) is 19.2 Å². The molecule has 0 radical (unpaired) electrons. The number of rotatable bonds is 10. The molecule has 228 valence electrons. The van der Waals surface area contributed by atoms with Crippen molar-refractivity contribution in [1.82, 2.24) is 9.88 Å². The molecule has 3 aromatic rings. The third-order valence-electron chi connectivity index (χ3n) is 7.98. The second-order valence-electron chi connectivity index (χ2n) is 10.7. The van der Waals surface area contributed by atoms with Gasteiger partial charge < -0.3 is 23.8 Å². The maximum Gasteiger partial charge on any atom is 0.416 e. The standard InChI is InChI=1S/C33H35F3N2O5/c1-40-26-14-10-22(30(19-26)41-2)20-38-24(13-17-31(38)39)18-27(21-8-11-23(12-9-21)33(34,35)36)28-15-16-29(32(37-28)42-3)43-25-6-4-5-7-25/h8-12,14-16,18-19,24-25H,4-7,13,17,20H2,1-3H3/b27-18+/t24-/m1/s1. The summed E-state index contributed by atoms with van der Waals surface area (Å²) < 4.78 is 62.7. The van der Waals surface area contributed by atoms with E-state index in [-0.39, 0.29) is 18.1 Å². The lowest BCUT2D eigenvalue weighted by Crippen LogP contribution is -2.31. The van der Waals surface area contributed by atoms with Crippen LogP contribution >= 0.6 is 0 Å². The first kappa shape index (κ1) is 30.3. The fraction of sp³-hybridized carbons (Fsp3) is 0.394. The molecule has 7 nitrogen and oxygen atoms in total. The Bertz CT molecular complexity index is 1470. The second-order valence-corrected chi connectivity index (χ2v) is 10.7. The SMILES string of the molecule is COc1ccc(CN2C(=O)CC[C@@H]2/C=C(\c2ccc(C(F)(F)F)cc2)c2ccc(OC3CCCC3)c(OC)n2)c(OC)c1. The maximum atomic E-state index is 13.4. The minimum atomic E-state index is -4.46. The molecule has 10 heteroatoms. The molecule has 1 aliphatic carbocycles. The first-order chi connectivity index (χ1) is 20.7. The van der Waals surface area contributed by atoms with E-state index in [4.69, 9.17) is 23.9 Å². The number of pyridine rings is 1. The van der Waals surface area contributed by atoms with Gasteiger partial charge in [0.2, 0.25) is 5.91 Å². The van der Waals surface area contributed by atoms with E-state index >= 15 is 0 Å². The zero-order valence-corrected chi connectivity index (χ0v) is 24.4. The summed E-state index contributed by atoms with van der Waals surface area (Å²) in [6.45, 7) is 0.290. The van der Waals surface area contributed by atoms with Gasteiger partial charge in [-0.1, -0.05) is 18.2 Å². The van der Waals surface area contributed by atoms with Crippen LogP contribution in [-0.4, -0.2) is 49.3 Å². The molecule has 1 atom stereocenters. The van der Waals surface area contributed by atoms with Crippen molar-refractivity contribution in [2.75, 3.05) is 21.3 Å². The van der Waals surface area contributed by atoms with Gasteiger partial charge in [-0.15, -0.1) is 0 Å². The molecule has 43 heavy (non-hydrogen) atoms. The summed E-state index contributed by atoms with van der Waals surface area (Å²) in [5.74, 6) is 2.01. The fourth-order valence-corrected chi connectivity index (χ4v) is 5.66. The number of halogens is 3. The number of methoxy groups -OCH3 is 3. The van der Waals surface area contributed by atoms with Crippen molar-refractivity contribution in [3.05, 3.63) is 83.1 Å². The van der Waals surface area contributed by atoms with Crippen molar-refractivity contribution < 1.29 is 36.9 Å². The fourth-order valence-electron chi connectivity index (χ4n) is 5.66. The number of carbonyl (C=O) groups is 1. The van der Waals surface area contributed by atoms with Gasteiger partial charge in [0.05, 0.1) is 44.7 Å². The number of carbonyl (C=O) groups excluding carboxylic acids is 1. The molecule has 5 rings (SSSR count). The Morgan fingerprint density at radius 2 is 1.67 bits per heavy atom. The van der Waals surface area contributed by atoms with Crippen molar-refractivity contribution in [2.45, 2.75) is 63.4 Å². The van der Waals surface area contributed by atoms with Crippen LogP contribution in [0, 0.1) is 0 Å². The van der Waals surface area contributed by atoms with Crippen LogP contribution in [-0.2, 0) is 17.5 Å². The van der Waals surface area contributed by atoms with Crippen LogP contribution in [0.5, 0.6) is 23.1 Å². The number of benzene rings is 2. The molecule has 2 aliphatic rings. The van der Waals surface area contributed by atoms with Crippen LogP contribution in [0.15, 0.2) is 60.7 Å². The number of hydrogen-bond donors (Lipinski definition) is 0. The van der Waals surface area contributed by atoms with Gasteiger partial charge in [-0.2, -0.15) is 13.2 Å². The predicted molar refractivity (Wildman–Crippen MR) is 155 cm³/mol. The third kappa shape index (κ3) is 6.89. The Morgan fingerprint density at radius 3 is 2.33 bits per heavy atom. The Kier molecular flexibility index (Phi) is 9.13. The molecule has 1 saturated heterocycles. The van der Waals surface area contributed by atoms with E-state index in [2.05, 4.69) is 0 Å². The van der Waals surface area contributed by atoms with Crippen molar-refractivity contribution in [2.24, 2.45) is 0 Å². The molecule has 1 saturated carbocycles. The lowest BCUT2D eigenvalue weighted by atomic mass is 9.97. The molecule has 1 aliphatic heterocycles. The minimum Gasteiger partial charge on any atom is -0.497 e. The lowest BCUT2D eigenvalue weighted by molar-refractivity contribution is -0.137. The van der Waals surface area contributed by atoms with Gasteiger partial charge in [0.1, 0.15) is 11.5 Å². The Hall–Kier alpha value is -4.21.